The predicted molar refractivity (Wildman–Crippen MR) is 74.6 cm³/mol. The lowest BCUT2D eigenvalue weighted by molar-refractivity contribution is 0.426. The van der Waals surface area contributed by atoms with Gasteiger partial charge in [0.05, 0.1) is 0 Å². The number of fused-ring (bicyclic) bond motifs is 1. The zero-order valence-electron chi connectivity index (χ0n) is 10.8. The van der Waals surface area contributed by atoms with E-state index in [9.17, 15) is 0 Å². The maximum Gasteiger partial charge on any atom is 0.0219 e. The maximum absolute atomic E-state index is 3.65. The molecule has 94 valence electrons. The van der Waals surface area contributed by atoms with Crippen LogP contribution in [0.2, 0.25) is 0 Å². The Hall–Kier alpha value is -0.340. The molecular weight excluding hydrogens is 226 g/mol. The summed E-state index contributed by atoms with van der Waals surface area (Å²) in [5, 5.41) is 6.06. The van der Waals surface area contributed by atoms with Crippen molar-refractivity contribution in [3.05, 3.63) is 21.4 Å². The molecule has 1 unspecified atom stereocenters. The lowest BCUT2D eigenvalue weighted by Crippen LogP contribution is -2.18. The van der Waals surface area contributed by atoms with Crippen LogP contribution in [0.4, 0.5) is 0 Å². The Morgan fingerprint density at radius 2 is 2.24 bits per heavy atom. The Morgan fingerprint density at radius 3 is 3.00 bits per heavy atom. The number of nitrogens with one attached hydrogen (secondary N) is 1. The molecule has 1 nitrogen and oxygen atoms in total. The van der Waals surface area contributed by atoms with Gasteiger partial charge in [-0.1, -0.05) is 19.8 Å². The highest BCUT2D eigenvalue weighted by molar-refractivity contribution is 7.10. The summed E-state index contributed by atoms with van der Waals surface area (Å²) in [6.45, 7) is 3.43. The van der Waals surface area contributed by atoms with Crippen LogP contribution in [0.5, 0.6) is 0 Å². The van der Waals surface area contributed by atoms with Gasteiger partial charge in [-0.05, 0) is 54.5 Å². The van der Waals surface area contributed by atoms with E-state index in [1.165, 1.54) is 44.9 Å². The molecule has 2 aliphatic rings. The van der Waals surface area contributed by atoms with Crippen LogP contribution in [0, 0.1) is 5.92 Å². The van der Waals surface area contributed by atoms with E-state index in [-0.39, 0.29) is 0 Å². The van der Waals surface area contributed by atoms with Gasteiger partial charge in [0.25, 0.3) is 0 Å². The lowest BCUT2D eigenvalue weighted by atomic mass is 9.85. The molecule has 0 radical (unpaired) electrons. The molecule has 3 rings (SSSR count). The molecule has 2 aliphatic carbocycles. The van der Waals surface area contributed by atoms with Gasteiger partial charge in [-0.3, -0.25) is 0 Å². The molecule has 0 aromatic carbocycles. The summed E-state index contributed by atoms with van der Waals surface area (Å²) in [5.74, 6) is 0.968. The van der Waals surface area contributed by atoms with E-state index < -0.39 is 0 Å². The highest BCUT2D eigenvalue weighted by Crippen LogP contribution is 2.35. The number of rotatable bonds is 5. The molecule has 1 aromatic rings. The molecule has 17 heavy (non-hydrogen) atoms. The Labute approximate surface area is 109 Å². The van der Waals surface area contributed by atoms with Gasteiger partial charge in [-0.15, -0.1) is 11.3 Å². The van der Waals surface area contributed by atoms with Crippen LogP contribution in [0.15, 0.2) is 5.38 Å². The average Bonchev–Trinajstić information content (AvgIpc) is 3.08. The summed E-state index contributed by atoms with van der Waals surface area (Å²) in [6, 6.07) is 0.835. The highest BCUT2D eigenvalue weighted by Gasteiger charge is 2.24. The van der Waals surface area contributed by atoms with E-state index in [1.54, 1.807) is 16.0 Å². The third-order valence-corrected chi connectivity index (χ3v) is 5.30. The number of hydrogen-bond acceptors (Lipinski definition) is 2. The largest absolute Gasteiger partial charge is 0.310 e. The predicted octanol–water partition coefficient (Wildman–Crippen LogP) is 3.91. The van der Waals surface area contributed by atoms with Crippen molar-refractivity contribution < 1.29 is 0 Å². The van der Waals surface area contributed by atoms with Gasteiger partial charge in [-0.25, -0.2) is 0 Å². The summed E-state index contributed by atoms with van der Waals surface area (Å²) >= 11 is 2.01. The van der Waals surface area contributed by atoms with E-state index in [0.717, 1.165) is 18.5 Å². The van der Waals surface area contributed by atoms with Gasteiger partial charge in [0, 0.05) is 17.5 Å². The van der Waals surface area contributed by atoms with Gasteiger partial charge in [0.2, 0.25) is 0 Å². The zero-order chi connectivity index (χ0) is 11.7. The molecule has 0 spiro atoms. The molecule has 0 amide bonds. The van der Waals surface area contributed by atoms with Gasteiger partial charge in [0.1, 0.15) is 0 Å². The summed E-state index contributed by atoms with van der Waals surface area (Å²) < 4.78 is 0. The summed E-state index contributed by atoms with van der Waals surface area (Å²) in [4.78, 5) is 1.70. The van der Waals surface area contributed by atoms with Crippen LogP contribution >= 0.6 is 11.3 Å². The third kappa shape index (κ3) is 2.74. The van der Waals surface area contributed by atoms with Crippen LogP contribution in [-0.2, 0) is 19.4 Å². The second kappa shape index (κ2) is 5.11. The molecule has 0 bridgehead atoms. The van der Waals surface area contributed by atoms with Crippen molar-refractivity contribution in [2.45, 2.75) is 64.5 Å². The Morgan fingerprint density at radius 1 is 1.35 bits per heavy atom. The van der Waals surface area contributed by atoms with Crippen molar-refractivity contribution in [2.24, 2.45) is 5.92 Å². The zero-order valence-corrected chi connectivity index (χ0v) is 11.6. The second-order valence-corrected chi connectivity index (χ2v) is 6.68. The van der Waals surface area contributed by atoms with Crippen molar-refractivity contribution in [3.8, 4) is 0 Å². The lowest BCUT2D eigenvalue weighted by Gasteiger charge is -2.22. The fourth-order valence-electron chi connectivity index (χ4n) is 2.99. The van der Waals surface area contributed by atoms with Gasteiger partial charge >= 0.3 is 0 Å². The summed E-state index contributed by atoms with van der Waals surface area (Å²) in [5.41, 5.74) is 3.31. The second-order valence-electron chi connectivity index (χ2n) is 5.72. The SMILES string of the molecule is CCCC1CCc2c(CNC3CC3)csc2C1. The molecule has 1 fully saturated rings. The number of hydrogen-bond donors (Lipinski definition) is 1. The summed E-state index contributed by atoms with van der Waals surface area (Å²) in [6.07, 6.45) is 9.68. The van der Waals surface area contributed by atoms with E-state index in [2.05, 4.69) is 17.6 Å². The van der Waals surface area contributed by atoms with Crippen molar-refractivity contribution in [3.63, 3.8) is 0 Å². The Bertz CT molecular complexity index is 378. The van der Waals surface area contributed by atoms with Gasteiger partial charge < -0.3 is 5.32 Å². The summed E-state index contributed by atoms with van der Waals surface area (Å²) in [7, 11) is 0. The van der Waals surface area contributed by atoms with Gasteiger partial charge in [-0.2, -0.15) is 0 Å². The van der Waals surface area contributed by atoms with Crippen LogP contribution in [-0.4, -0.2) is 6.04 Å². The molecular formula is C15H23NS. The topological polar surface area (TPSA) is 12.0 Å². The smallest absolute Gasteiger partial charge is 0.0219 e. The van der Waals surface area contributed by atoms with Crippen molar-refractivity contribution in [1.82, 2.24) is 5.32 Å². The van der Waals surface area contributed by atoms with E-state index in [0.29, 0.717) is 0 Å². The molecule has 0 aliphatic heterocycles. The fraction of sp³-hybridized carbons (Fsp3) is 0.733. The van der Waals surface area contributed by atoms with Crippen LogP contribution in [0.3, 0.4) is 0 Å². The molecule has 1 N–H and O–H groups in total. The molecule has 1 atom stereocenters. The molecule has 1 heterocycles. The minimum atomic E-state index is 0.835. The molecule has 1 saturated carbocycles. The van der Waals surface area contributed by atoms with E-state index in [4.69, 9.17) is 0 Å². The van der Waals surface area contributed by atoms with Crippen molar-refractivity contribution in [2.75, 3.05) is 0 Å². The number of thiophene rings is 1. The van der Waals surface area contributed by atoms with Crippen LogP contribution < -0.4 is 5.32 Å². The minimum Gasteiger partial charge on any atom is -0.310 e. The normalized spacial score (nSPS) is 23.7. The molecule has 1 aromatic heterocycles. The molecule has 2 heteroatoms. The van der Waals surface area contributed by atoms with Crippen LogP contribution in [0.25, 0.3) is 0 Å². The molecule has 0 saturated heterocycles. The monoisotopic (exact) mass is 249 g/mol. The third-order valence-electron chi connectivity index (χ3n) is 4.20. The highest BCUT2D eigenvalue weighted by atomic mass is 32.1. The fourth-order valence-corrected chi connectivity index (χ4v) is 4.21. The first-order valence-electron chi connectivity index (χ1n) is 7.18. The first kappa shape index (κ1) is 11.7. The maximum atomic E-state index is 3.65. The Balaban J connectivity index is 1.64. The minimum absolute atomic E-state index is 0.835. The Kier molecular flexibility index (Phi) is 3.53. The van der Waals surface area contributed by atoms with Gasteiger partial charge in [0.15, 0.2) is 0 Å². The van der Waals surface area contributed by atoms with Crippen molar-refractivity contribution >= 4 is 11.3 Å². The van der Waals surface area contributed by atoms with Crippen molar-refractivity contribution in [1.29, 1.82) is 0 Å². The van der Waals surface area contributed by atoms with E-state index in [1.807, 2.05) is 11.3 Å². The average molecular weight is 249 g/mol. The quantitative estimate of drug-likeness (QED) is 0.834. The van der Waals surface area contributed by atoms with Crippen LogP contribution in [0.1, 0.15) is 55.0 Å². The standard InChI is InChI=1S/C15H23NS/c1-2-3-11-4-7-14-12(9-16-13-5-6-13)10-17-15(14)8-11/h10-11,13,16H,2-9H2,1H3. The van der Waals surface area contributed by atoms with E-state index >= 15 is 0 Å². The first-order chi connectivity index (χ1) is 8.36. The first-order valence-corrected chi connectivity index (χ1v) is 8.06.